The average Bonchev–Trinajstić information content (AvgIpc) is 2.78. The Hall–Kier alpha value is -1.94. The zero-order chi connectivity index (χ0) is 11.4. The normalized spacial score (nSPS) is 9.75. The summed E-state index contributed by atoms with van der Waals surface area (Å²) in [5.74, 6) is -0.242. The SMILES string of the molecule is C=CC(=O)Nc1ncc(-c2ccccc2)s1. The fourth-order valence-corrected chi connectivity index (χ4v) is 2.05. The molecule has 1 N–H and O–H groups in total. The summed E-state index contributed by atoms with van der Waals surface area (Å²) >= 11 is 1.44. The van der Waals surface area contributed by atoms with Crippen LogP contribution < -0.4 is 5.32 Å². The lowest BCUT2D eigenvalue weighted by atomic mass is 10.2. The van der Waals surface area contributed by atoms with Crippen molar-refractivity contribution in [3.05, 3.63) is 49.2 Å². The van der Waals surface area contributed by atoms with E-state index in [0.29, 0.717) is 5.13 Å². The van der Waals surface area contributed by atoms with E-state index in [9.17, 15) is 4.79 Å². The van der Waals surface area contributed by atoms with Crippen molar-refractivity contribution in [2.45, 2.75) is 0 Å². The van der Waals surface area contributed by atoms with Crippen LogP contribution in [0.3, 0.4) is 0 Å². The first-order chi connectivity index (χ1) is 7.79. The summed E-state index contributed by atoms with van der Waals surface area (Å²) in [6, 6.07) is 9.91. The molecule has 1 aromatic carbocycles. The van der Waals surface area contributed by atoms with E-state index in [0.717, 1.165) is 10.4 Å². The second-order valence-corrected chi connectivity index (χ2v) is 4.12. The van der Waals surface area contributed by atoms with Gasteiger partial charge < -0.3 is 0 Å². The van der Waals surface area contributed by atoms with Crippen LogP contribution in [-0.4, -0.2) is 10.9 Å². The van der Waals surface area contributed by atoms with Crippen molar-refractivity contribution in [3.63, 3.8) is 0 Å². The number of nitrogens with one attached hydrogen (secondary N) is 1. The molecule has 0 saturated carbocycles. The minimum absolute atomic E-state index is 0.242. The van der Waals surface area contributed by atoms with Crippen molar-refractivity contribution in [2.24, 2.45) is 0 Å². The van der Waals surface area contributed by atoms with Gasteiger partial charge in [-0.05, 0) is 11.6 Å². The van der Waals surface area contributed by atoms with Crippen LogP contribution in [0, 0.1) is 0 Å². The first-order valence-electron chi connectivity index (χ1n) is 4.74. The average molecular weight is 230 g/mol. The number of carbonyl (C=O) groups is 1. The van der Waals surface area contributed by atoms with Gasteiger partial charge in [0.15, 0.2) is 5.13 Å². The lowest BCUT2D eigenvalue weighted by Gasteiger charge is -1.95. The van der Waals surface area contributed by atoms with Crippen molar-refractivity contribution in [3.8, 4) is 10.4 Å². The van der Waals surface area contributed by atoms with E-state index in [4.69, 9.17) is 0 Å². The lowest BCUT2D eigenvalue weighted by Crippen LogP contribution is -2.06. The van der Waals surface area contributed by atoms with Gasteiger partial charge in [0.25, 0.3) is 0 Å². The molecule has 0 fully saturated rings. The molecule has 1 amide bonds. The zero-order valence-corrected chi connectivity index (χ0v) is 9.33. The van der Waals surface area contributed by atoms with Crippen molar-refractivity contribution < 1.29 is 4.79 Å². The third kappa shape index (κ3) is 2.35. The Bertz CT molecular complexity index is 505. The molecule has 2 aromatic rings. The summed E-state index contributed by atoms with van der Waals surface area (Å²) in [7, 11) is 0. The van der Waals surface area contributed by atoms with Crippen LogP contribution in [0.25, 0.3) is 10.4 Å². The number of anilines is 1. The van der Waals surface area contributed by atoms with E-state index >= 15 is 0 Å². The summed E-state index contributed by atoms with van der Waals surface area (Å²) in [5.41, 5.74) is 1.10. The maximum Gasteiger partial charge on any atom is 0.249 e. The van der Waals surface area contributed by atoms with Crippen molar-refractivity contribution in [1.82, 2.24) is 4.98 Å². The highest BCUT2D eigenvalue weighted by molar-refractivity contribution is 7.19. The molecule has 0 aliphatic carbocycles. The number of aromatic nitrogens is 1. The smallest absolute Gasteiger partial charge is 0.249 e. The maximum atomic E-state index is 11.1. The number of amides is 1. The second kappa shape index (κ2) is 4.72. The van der Waals surface area contributed by atoms with Gasteiger partial charge in [0.1, 0.15) is 0 Å². The first kappa shape index (κ1) is 10.6. The van der Waals surface area contributed by atoms with Gasteiger partial charge in [-0.1, -0.05) is 48.2 Å². The molecule has 2 rings (SSSR count). The highest BCUT2D eigenvalue weighted by Gasteiger charge is 2.05. The Labute approximate surface area is 97.5 Å². The molecule has 1 aromatic heterocycles. The van der Waals surface area contributed by atoms with Gasteiger partial charge in [-0.15, -0.1) is 0 Å². The molecule has 0 saturated heterocycles. The van der Waals surface area contributed by atoms with Crippen LogP contribution in [0.1, 0.15) is 0 Å². The lowest BCUT2D eigenvalue weighted by molar-refractivity contribution is -0.111. The molecule has 0 aliphatic rings. The zero-order valence-electron chi connectivity index (χ0n) is 8.51. The number of rotatable bonds is 3. The van der Waals surface area contributed by atoms with Gasteiger partial charge in [0.2, 0.25) is 5.91 Å². The predicted octanol–water partition coefficient (Wildman–Crippen LogP) is 2.93. The highest BCUT2D eigenvalue weighted by Crippen LogP contribution is 2.28. The molecule has 0 aliphatic heterocycles. The third-order valence-electron chi connectivity index (χ3n) is 1.98. The number of benzene rings is 1. The summed E-state index contributed by atoms with van der Waals surface area (Å²) in [4.78, 5) is 16.2. The summed E-state index contributed by atoms with van der Waals surface area (Å²) in [5, 5.41) is 3.22. The fourth-order valence-electron chi connectivity index (χ4n) is 1.22. The van der Waals surface area contributed by atoms with E-state index in [1.54, 1.807) is 6.20 Å². The van der Waals surface area contributed by atoms with Crippen LogP contribution >= 0.6 is 11.3 Å². The van der Waals surface area contributed by atoms with Gasteiger partial charge >= 0.3 is 0 Å². The molecule has 4 heteroatoms. The predicted molar refractivity (Wildman–Crippen MR) is 66.4 cm³/mol. The molecule has 3 nitrogen and oxygen atoms in total. The molecule has 0 spiro atoms. The summed E-state index contributed by atoms with van der Waals surface area (Å²) in [6.07, 6.45) is 2.97. The number of hydrogen-bond donors (Lipinski definition) is 1. The molecule has 0 atom stereocenters. The van der Waals surface area contributed by atoms with Gasteiger partial charge in [-0.3, -0.25) is 10.1 Å². The first-order valence-corrected chi connectivity index (χ1v) is 5.56. The Balaban J connectivity index is 2.20. The number of carbonyl (C=O) groups excluding carboxylic acids is 1. The molecule has 0 unspecified atom stereocenters. The minimum Gasteiger partial charge on any atom is -0.298 e. The van der Waals surface area contributed by atoms with Crippen LogP contribution in [0.4, 0.5) is 5.13 Å². The monoisotopic (exact) mass is 230 g/mol. The number of hydrogen-bond acceptors (Lipinski definition) is 3. The number of thiazole rings is 1. The van der Waals surface area contributed by atoms with Gasteiger partial charge in [-0.25, -0.2) is 4.98 Å². The van der Waals surface area contributed by atoms with Crippen LogP contribution in [0.15, 0.2) is 49.2 Å². The third-order valence-corrected chi connectivity index (χ3v) is 2.94. The van der Waals surface area contributed by atoms with E-state index in [-0.39, 0.29) is 5.91 Å². The molecule has 0 bridgehead atoms. The van der Waals surface area contributed by atoms with Gasteiger partial charge in [-0.2, -0.15) is 0 Å². The molecular formula is C12H10N2OS. The van der Waals surface area contributed by atoms with Gasteiger partial charge in [0.05, 0.1) is 4.88 Å². The fraction of sp³-hybridized carbons (Fsp3) is 0. The standard InChI is InChI=1S/C12H10N2OS/c1-2-11(15)14-12-13-8-10(16-12)9-6-4-3-5-7-9/h2-8H,1H2,(H,13,14,15). The molecule has 16 heavy (non-hydrogen) atoms. The van der Waals surface area contributed by atoms with E-state index in [1.165, 1.54) is 17.4 Å². The van der Waals surface area contributed by atoms with Crippen LogP contribution in [-0.2, 0) is 4.79 Å². The Morgan fingerprint density at radius 2 is 2.12 bits per heavy atom. The largest absolute Gasteiger partial charge is 0.298 e. The Morgan fingerprint density at radius 3 is 2.81 bits per heavy atom. The summed E-state index contributed by atoms with van der Waals surface area (Å²) in [6.45, 7) is 3.39. The summed E-state index contributed by atoms with van der Waals surface area (Å²) < 4.78 is 0. The topological polar surface area (TPSA) is 42.0 Å². The van der Waals surface area contributed by atoms with Crippen LogP contribution in [0.5, 0.6) is 0 Å². The van der Waals surface area contributed by atoms with Crippen molar-refractivity contribution in [2.75, 3.05) is 5.32 Å². The Kier molecular flexibility index (Phi) is 3.12. The Morgan fingerprint density at radius 1 is 1.38 bits per heavy atom. The minimum atomic E-state index is -0.242. The van der Waals surface area contributed by atoms with E-state index < -0.39 is 0 Å². The van der Waals surface area contributed by atoms with E-state index in [1.807, 2.05) is 30.3 Å². The van der Waals surface area contributed by atoms with E-state index in [2.05, 4.69) is 16.9 Å². The molecule has 80 valence electrons. The molecular weight excluding hydrogens is 220 g/mol. The molecule has 1 heterocycles. The van der Waals surface area contributed by atoms with Crippen LogP contribution in [0.2, 0.25) is 0 Å². The van der Waals surface area contributed by atoms with Crippen molar-refractivity contribution >= 4 is 22.4 Å². The number of nitrogens with zero attached hydrogens (tertiary/aromatic N) is 1. The van der Waals surface area contributed by atoms with Gasteiger partial charge in [0, 0.05) is 6.20 Å². The molecule has 0 radical (unpaired) electrons. The quantitative estimate of drug-likeness (QED) is 0.824. The highest BCUT2D eigenvalue weighted by atomic mass is 32.1. The maximum absolute atomic E-state index is 11.1. The second-order valence-electron chi connectivity index (χ2n) is 3.09. The van der Waals surface area contributed by atoms with Crippen molar-refractivity contribution in [1.29, 1.82) is 0 Å².